The third-order valence-corrected chi connectivity index (χ3v) is 5.78. The molecule has 0 aromatic heterocycles. The maximum atomic E-state index is 6.03. The molecule has 0 aliphatic rings. The highest BCUT2D eigenvalue weighted by Crippen LogP contribution is 2.21. The van der Waals surface area contributed by atoms with Crippen LogP contribution in [-0.2, 0) is 8.85 Å². The monoisotopic (exact) mass is 264 g/mol. The van der Waals surface area contributed by atoms with Crippen LogP contribution in [0.3, 0.4) is 0 Å². The molecule has 0 spiro atoms. The maximum absolute atomic E-state index is 6.03. The molecule has 0 aliphatic carbocycles. The minimum absolute atomic E-state index is 0.264. The van der Waals surface area contributed by atoms with Gasteiger partial charge in [0.15, 0.2) is 0 Å². The van der Waals surface area contributed by atoms with Crippen molar-refractivity contribution in [3.05, 3.63) is 0 Å². The maximum Gasteiger partial charge on any atom is 0.335 e. The molecule has 0 bridgehead atoms. The van der Waals surface area contributed by atoms with Crippen molar-refractivity contribution in [1.82, 2.24) is 0 Å². The lowest BCUT2D eigenvalue weighted by molar-refractivity contribution is 0.109. The van der Waals surface area contributed by atoms with Gasteiger partial charge in [-0.25, -0.2) is 0 Å². The zero-order chi connectivity index (χ0) is 12.6. The van der Waals surface area contributed by atoms with Crippen LogP contribution in [0.2, 0.25) is 12.6 Å². The van der Waals surface area contributed by atoms with Crippen molar-refractivity contribution < 1.29 is 8.85 Å². The fourth-order valence-electron chi connectivity index (χ4n) is 1.88. The lowest BCUT2D eigenvalue weighted by atomic mass is 10.3. The highest BCUT2D eigenvalue weighted by atomic mass is 32.1. The molecule has 0 unspecified atom stereocenters. The van der Waals surface area contributed by atoms with Gasteiger partial charge in [0.1, 0.15) is 0 Å². The van der Waals surface area contributed by atoms with E-state index in [1.54, 1.807) is 0 Å². The van der Waals surface area contributed by atoms with Crippen LogP contribution >= 0.6 is 12.6 Å². The van der Waals surface area contributed by atoms with Crippen LogP contribution in [0, 0.1) is 0 Å². The predicted octanol–water partition coefficient (Wildman–Crippen LogP) is 4.01. The molecule has 0 amide bonds. The summed E-state index contributed by atoms with van der Waals surface area (Å²) in [5, 5.41) is 0. The Balaban J connectivity index is 4.08. The first-order valence-electron chi connectivity index (χ1n) is 6.36. The Labute approximate surface area is 108 Å². The summed E-state index contributed by atoms with van der Waals surface area (Å²) in [7, 11) is -1.95. The van der Waals surface area contributed by atoms with Gasteiger partial charge in [-0.1, -0.05) is 12.8 Å². The van der Waals surface area contributed by atoms with Crippen LogP contribution in [0.1, 0.15) is 47.0 Å². The summed E-state index contributed by atoms with van der Waals surface area (Å²) in [6.45, 7) is 10.5. The normalized spacial score (nSPS) is 12.8. The number of thiol groups is 1. The number of unbranched alkanes of at least 4 members (excludes halogenated alkanes) is 2. The first-order chi connectivity index (χ1) is 7.39. The second kappa shape index (κ2) is 8.56. The van der Waals surface area contributed by atoms with Gasteiger partial charge in [-0.05, 0) is 52.5 Å². The summed E-state index contributed by atoms with van der Waals surface area (Å²) in [5.74, 6) is 0.981. The Morgan fingerprint density at radius 3 is 1.81 bits per heavy atom. The second-order valence-electron chi connectivity index (χ2n) is 5.00. The van der Waals surface area contributed by atoms with Crippen molar-refractivity contribution in [2.45, 2.75) is 71.8 Å². The van der Waals surface area contributed by atoms with Gasteiger partial charge in [-0.15, -0.1) is 0 Å². The van der Waals surface area contributed by atoms with Crippen LogP contribution in [0.4, 0.5) is 0 Å². The lowest BCUT2D eigenvalue weighted by Crippen LogP contribution is -2.42. The molecule has 0 fully saturated rings. The highest BCUT2D eigenvalue weighted by Gasteiger charge is 2.33. The minimum Gasteiger partial charge on any atom is -0.392 e. The van der Waals surface area contributed by atoms with Crippen molar-refractivity contribution in [3.8, 4) is 0 Å². The van der Waals surface area contributed by atoms with E-state index in [1.165, 1.54) is 19.3 Å². The first kappa shape index (κ1) is 16.5. The molecule has 4 heteroatoms. The fraction of sp³-hybridized carbons (Fsp3) is 1.00. The fourth-order valence-corrected chi connectivity index (χ4v) is 5.28. The van der Waals surface area contributed by atoms with Crippen molar-refractivity contribution in [2.75, 3.05) is 5.75 Å². The highest BCUT2D eigenvalue weighted by molar-refractivity contribution is 7.80. The van der Waals surface area contributed by atoms with Gasteiger partial charge in [0.05, 0.1) is 0 Å². The smallest absolute Gasteiger partial charge is 0.335 e. The van der Waals surface area contributed by atoms with Gasteiger partial charge in [0.25, 0.3) is 0 Å². The Bertz CT molecular complexity index is 164. The van der Waals surface area contributed by atoms with Gasteiger partial charge in [-0.2, -0.15) is 12.6 Å². The molecule has 0 N–H and O–H groups in total. The largest absolute Gasteiger partial charge is 0.392 e. The van der Waals surface area contributed by atoms with E-state index in [-0.39, 0.29) is 12.2 Å². The molecule has 0 rings (SSSR count). The molecule has 0 aromatic rings. The van der Waals surface area contributed by atoms with Crippen molar-refractivity contribution in [2.24, 2.45) is 0 Å². The average molecular weight is 265 g/mol. The van der Waals surface area contributed by atoms with Crippen molar-refractivity contribution >= 4 is 21.2 Å². The van der Waals surface area contributed by atoms with E-state index in [4.69, 9.17) is 8.85 Å². The van der Waals surface area contributed by atoms with Gasteiger partial charge < -0.3 is 8.85 Å². The Kier molecular flexibility index (Phi) is 8.82. The zero-order valence-electron chi connectivity index (χ0n) is 11.5. The summed E-state index contributed by atoms with van der Waals surface area (Å²) in [4.78, 5) is 0. The van der Waals surface area contributed by atoms with Gasteiger partial charge >= 0.3 is 8.56 Å². The van der Waals surface area contributed by atoms with E-state index in [0.29, 0.717) is 0 Å². The quantitative estimate of drug-likeness (QED) is 0.385. The molecule has 0 aliphatic heterocycles. The molecule has 0 heterocycles. The summed E-state index contributed by atoms with van der Waals surface area (Å²) >= 11 is 4.23. The van der Waals surface area contributed by atoms with E-state index < -0.39 is 8.56 Å². The molecule has 0 saturated carbocycles. The summed E-state index contributed by atoms with van der Waals surface area (Å²) in [6, 6.07) is 1.09. The van der Waals surface area contributed by atoms with Crippen molar-refractivity contribution in [1.29, 1.82) is 0 Å². The number of hydrogen-bond acceptors (Lipinski definition) is 3. The number of hydrogen-bond donors (Lipinski definition) is 1. The van der Waals surface area contributed by atoms with Gasteiger partial charge in [0, 0.05) is 12.2 Å². The van der Waals surface area contributed by atoms with Crippen LogP contribution in [0.15, 0.2) is 0 Å². The molecule has 0 atom stereocenters. The van der Waals surface area contributed by atoms with E-state index in [2.05, 4.69) is 46.9 Å². The Hall–Kier alpha value is 0.487. The van der Waals surface area contributed by atoms with E-state index in [1.807, 2.05) is 0 Å². The molecule has 0 aromatic carbocycles. The zero-order valence-corrected chi connectivity index (χ0v) is 13.3. The third kappa shape index (κ3) is 8.62. The first-order valence-corrected chi connectivity index (χ1v) is 9.51. The van der Waals surface area contributed by atoms with E-state index in [9.17, 15) is 0 Å². The van der Waals surface area contributed by atoms with Crippen LogP contribution in [0.25, 0.3) is 0 Å². The SMILES string of the molecule is CC(C)O[Si](C)(CCCCCS)OC(C)C. The number of rotatable bonds is 9. The summed E-state index contributed by atoms with van der Waals surface area (Å²) < 4.78 is 12.1. The van der Waals surface area contributed by atoms with E-state index >= 15 is 0 Å². The van der Waals surface area contributed by atoms with Gasteiger partial charge in [0.2, 0.25) is 0 Å². The third-order valence-electron chi connectivity index (χ3n) is 2.26. The minimum atomic E-state index is -1.95. The Morgan fingerprint density at radius 1 is 0.938 bits per heavy atom. The molecular weight excluding hydrogens is 236 g/mol. The topological polar surface area (TPSA) is 18.5 Å². The molecule has 0 saturated heterocycles. The van der Waals surface area contributed by atoms with Crippen molar-refractivity contribution in [3.63, 3.8) is 0 Å². The molecule has 0 radical (unpaired) electrons. The predicted molar refractivity (Wildman–Crippen MR) is 76.6 cm³/mol. The van der Waals surface area contributed by atoms with E-state index in [0.717, 1.165) is 11.8 Å². The summed E-state index contributed by atoms with van der Waals surface area (Å²) in [6.07, 6.45) is 4.15. The lowest BCUT2D eigenvalue weighted by Gasteiger charge is -2.31. The second-order valence-corrected chi connectivity index (χ2v) is 8.69. The average Bonchev–Trinajstić information content (AvgIpc) is 2.09. The summed E-state index contributed by atoms with van der Waals surface area (Å²) in [5.41, 5.74) is 0. The molecular formula is C12H28O2SSi. The van der Waals surface area contributed by atoms with Crippen LogP contribution in [-0.4, -0.2) is 26.5 Å². The molecule has 16 heavy (non-hydrogen) atoms. The standard InChI is InChI=1S/C12H28O2SSi/c1-11(2)13-16(5,14-12(3)4)10-8-6-7-9-15/h11-12,15H,6-10H2,1-5H3. The molecule has 2 nitrogen and oxygen atoms in total. The Morgan fingerprint density at radius 2 is 1.44 bits per heavy atom. The van der Waals surface area contributed by atoms with Crippen LogP contribution < -0.4 is 0 Å². The molecule has 98 valence electrons. The van der Waals surface area contributed by atoms with Gasteiger partial charge in [-0.3, -0.25) is 0 Å². The van der Waals surface area contributed by atoms with Crippen LogP contribution in [0.5, 0.6) is 0 Å².